The summed E-state index contributed by atoms with van der Waals surface area (Å²) in [5.74, 6) is -0.799. The first-order valence-electron chi connectivity index (χ1n) is 8.74. The maximum absolute atomic E-state index is 12.2. The molecule has 0 bridgehead atoms. The molecule has 7 nitrogen and oxygen atoms in total. The molecule has 0 unspecified atom stereocenters. The van der Waals surface area contributed by atoms with Crippen molar-refractivity contribution in [2.45, 2.75) is 19.0 Å². The van der Waals surface area contributed by atoms with Crippen molar-refractivity contribution in [1.82, 2.24) is 15.1 Å². The molecule has 3 aromatic rings. The van der Waals surface area contributed by atoms with E-state index in [-0.39, 0.29) is 17.4 Å². The van der Waals surface area contributed by atoms with Crippen LogP contribution in [0.3, 0.4) is 0 Å². The number of aromatic nitrogens is 2. The molecule has 136 valence electrons. The zero-order valence-electron chi connectivity index (χ0n) is 14.5. The van der Waals surface area contributed by atoms with E-state index < -0.39 is 12.0 Å². The molecular weight excluding hydrogens is 344 g/mol. The van der Waals surface area contributed by atoms with Crippen LogP contribution in [0, 0.1) is 16.0 Å². The lowest BCUT2D eigenvalue weighted by Gasteiger charge is -2.04. The zero-order chi connectivity index (χ0) is 18.8. The minimum absolute atomic E-state index is 0.275. The van der Waals surface area contributed by atoms with E-state index in [1.54, 1.807) is 4.68 Å². The molecule has 1 N–H and O–H groups in total. The second kappa shape index (κ2) is 7.03. The van der Waals surface area contributed by atoms with Gasteiger partial charge in [-0.2, -0.15) is 5.10 Å². The Morgan fingerprint density at radius 2 is 1.81 bits per heavy atom. The van der Waals surface area contributed by atoms with Crippen LogP contribution in [0.2, 0.25) is 0 Å². The molecule has 0 radical (unpaired) electrons. The van der Waals surface area contributed by atoms with Gasteiger partial charge in [-0.05, 0) is 12.1 Å². The molecule has 7 heteroatoms. The fourth-order valence-corrected chi connectivity index (χ4v) is 3.10. The van der Waals surface area contributed by atoms with Gasteiger partial charge >= 0.3 is 0 Å². The number of nitrogens with zero attached hydrogens (tertiary/aromatic N) is 3. The van der Waals surface area contributed by atoms with E-state index in [1.165, 1.54) is 0 Å². The number of nitrogens with one attached hydrogen (secondary N) is 1. The fraction of sp³-hybridized carbons (Fsp3) is 0.200. The van der Waals surface area contributed by atoms with Crippen molar-refractivity contribution in [2.75, 3.05) is 0 Å². The third-order valence-electron chi connectivity index (χ3n) is 4.68. The molecule has 1 amide bonds. The number of nitro groups is 1. The summed E-state index contributed by atoms with van der Waals surface area (Å²) in [7, 11) is 0. The Morgan fingerprint density at radius 3 is 2.44 bits per heavy atom. The standard InChI is InChI=1S/C20H18N4O3/c25-20(17-11-18(17)24(26)27)21-12-15-13-23(16-9-5-2-6-10-16)22-19(15)14-7-3-1-4-8-14/h1-10,13,17-18H,11-12H2,(H,21,25)/t17-,18-/m0/s1. The Hall–Kier alpha value is -3.48. The minimum atomic E-state index is -0.745. The van der Waals surface area contributed by atoms with Gasteiger partial charge in [0.05, 0.1) is 11.4 Å². The topological polar surface area (TPSA) is 90.1 Å². The fourth-order valence-electron chi connectivity index (χ4n) is 3.10. The van der Waals surface area contributed by atoms with E-state index in [1.807, 2.05) is 66.9 Å². The number of carbonyl (C=O) groups excluding carboxylic acids is 1. The highest BCUT2D eigenvalue weighted by atomic mass is 16.6. The van der Waals surface area contributed by atoms with Crippen LogP contribution in [0.5, 0.6) is 0 Å². The molecule has 1 aliphatic rings. The normalized spacial score (nSPS) is 18.1. The van der Waals surface area contributed by atoms with E-state index in [9.17, 15) is 14.9 Å². The summed E-state index contributed by atoms with van der Waals surface area (Å²) in [6.45, 7) is 0.275. The first kappa shape index (κ1) is 17.0. The van der Waals surface area contributed by atoms with Gasteiger partial charge in [-0.3, -0.25) is 14.9 Å². The predicted octanol–water partition coefficient (Wildman–Crippen LogP) is 2.82. The van der Waals surface area contributed by atoms with Crippen molar-refractivity contribution in [2.24, 2.45) is 5.92 Å². The number of hydrogen-bond acceptors (Lipinski definition) is 4. The summed E-state index contributed by atoms with van der Waals surface area (Å²) in [6, 6.07) is 18.7. The predicted molar refractivity (Wildman–Crippen MR) is 99.7 cm³/mol. The van der Waals surface area contributed by atoms with Gasteiger partial charge in [0.25, 0.3) is 0 Å². The molecule has 27 heavy (non-hydrogen) atoms. The quantitative estimate of drug-likeness (QED) is 0.539. The first-order valence-corrected chi connectivity index (χ1v) is 8.74. The van der Waals surface area contributed by atoms with Crippen LogP contribution < -0.4 is 5.32 Å². The minimum Gasteiger partial charge on any atom is -0.351 e. The van der Waals surface area contributed by atoms with E-state index in [0.717, 1.165) is 22.5 Å². The lowest BCUT2D eigenvalue weighted by molar-refractivity contribution is -0.497. The van der Waals surface area contributed by atoms with Gasteiger partial charge < -0.3 is 5.32 Å². The second-order valence-corrected chi connectivity index (χ2v) is 6.56. The highest BCUT2D eigenvalue weighted by molar-refractivity contribution is 5.82. The van der Waals surface area contributed by atoms with Crippen molar-refractivity contribution in [3.63, 3.8) is 0 Å². The number of para-hydroxylation sites is 1. The summed E-state index contributed by atoms with van der Waals surface area (Å²) in [5.41, 5.74) is 3.51. The van der Waals surface area contributed by atoms with Crippen LogP contribution in [0.1, 0.15) is 12.0 Å². The summed E-state index contributed by atoms with van der Waals surface area (Å²) in [4.78, 5) is 22.6. The largest absolute Gasteiger partial charge is 0.351 e. The molecule has 1 fully saturated rings. The van der Waals surface area contributed by atoms with Gasteiger partial charge in [-0.15, -0.1) is 0 Å². The third-order valence-corrected chi connectivity index (χ3v) is 4.68. The van der Waals surface area contributed by atoms with Gasteiger partial charge in [-0.1, -0.05) is 48.5 Å². The van der Waals surface area contributed by atoms with E-state index in [4.69, 9.17) is 0 Å². The molecule has 2 aromatic carbocycles. The number of rotatable bonds is 6. The summed E-state index contributed by atoms with van der Waals surface area (Å²) >= 11 is 0. The molecule has 0 saturated heterocycles. The van der Waals surface area contributed by atoms with E-state index in [2.05, 4.69) is 10.4 Å². The number of hydrogen-bond donors (Lipinski definition) is 1. The molecule has 2 atom stereocenters. The van der Waals surface area contributed by atoms with E-state index in [0.29, 0.717) is 6.42 Å². The molecule has 1 aromatic heterocycles. The van der Waals surface area contributed by atoms with Crippen molar-refractivity contribution >= 4 is 5.91 Å². The molecule has 0 spiro atoms. The average Bonchev–Trinajstić information content (AvgIpc) is 3.40. The summed E-state index contributed by atoms with van der Waals surface area (Å²) < 4.78 is 1.78. The smallest absolute Gasteiger partial charge is 0.230 e. The maximum Gasteiger partial charge on any atom is 0.230 e. The number of carbonyl (C=O) groups is 1. The molecule has 0 aliphatic heterocycles. The van der Waals surface area contributed by atoms with Crippen LogP contribution in [-0.4, -0.2) is 26.7 Å². The third kappa shape index (κ3) is 3.57. The van der Waals surface area contributed by atoms with Gasteiger partial charge in [-0.25, -0.2) is 4.68 Å². The molecular formula is C20H18N4O3. The van der Waals surface area contributed by atoms with Crippen molar-refractivity contribution in [1.29, 1.82) is 0 Å². The van der Waals surface area contributed by atoms with Crippen molar-refractivity contribution in [3.05, 3.63) is 82.5 Å². The molecule has 4 rings (SSSR count). The Balaban J connectivity index is 1.58. The molecule has 1 saturated carbocycles. The highest BCUT2D eigenvalue weighted by Gasteiger charge is 2.53. The summed E-state index contributed by atoms with van der Waals surface area (Å²) in [5, 5.41) is 18.3. The Labute approximate surface area is 155 Å². The van der Waals surface area contributed by atoms with Crippen molar-refractivity contribution in [3.8, 4) is 16.9 Å². The number of amides is 1. The highest BCUT2D eigenvalue weighted by Crippen LogP contribution is 2.33. The number of benzene rings is 2. The Bertz CT molecular complexity index is 969. The van der Waals surface area contributed by atoms with E-state index >= 15 is 0 Å². The lowest BCUT2D eigenvalue weighted by atomic mass is 10.1. The van der Waals surface area contributed by atoms with Crippen LogP contribution in [0.4, 0.5) is 0 Å². The van der Waals surface area contributed by atoms with Gasteiger partial charge in [0, 0.05) is 35.2 Å². The van der Waals surface area contributed by atoms with Crippen LogP contribution >= 0.6 is 0 Å². The van der Waals surface area contributed by atoms with Gasteiger partial charge in [0.2, 0.25) is 11.9 Å². The van der Waals surface area contributed by atoms with Gasteiger partial charge in [0.1, 0.15) is 5.92 Å². The monoisotopic (exact) mass is 362 g/mol. The van der Waals surface area contributed by atoms with Gasteiger partial charge in [0.15, 0.2) is 0 Å². The lowest BCUT2D eigenvalue weighted by Crippen LogP contribution is -2.26. The van der Waals surface area contributed by atoms with Crippen LogP contribution in [0.25, 0.3) is 16.9 Å². The maximum atomic E-state index is 12.2. The van der Waals surface area contributed by atoms with Crippen LogP contribution in [0.15, 0.2) is 66.9 Å². The second-order valence-electron chi connectivity index (χ2n) is 6.56. The average molecular weight is 362 g/mol. The summed E-state index contributed by atoms with van der Waals surface area (Å²) in [6.07, 6.45) is 2.20. The Kier molecular flexibility index (Phi) is 4.42. The zero-order valence-corrected chi connectivity index (χ0v) is 14.5. The van der Waals surface area contributed by atoms with Crippen LogP contribution in [-0.2, 0) is 11.3 Å². The van der Waals surface area contributed by atoms with Crippen molar-refractivity contribution < 1.29 is 9.72 Å². The Morgan fingerprint density at radius 1 is 1.15 bits per heavy atom. The molecule has 1 heterocycles. The first-order chi connectivity index (χ1) is 13.1. The SMILES string of the molecule is O=C(NCc1cn(-c2ccccc2)nc1-c1ccccc1)[C@H]1C[C@@H]1[N+](=O)[O-]. The molecule has 1 aliphatic carbocycles.